The van der Waals surface area contributed by atoms with E-state index in [1.54, 1.807) is 42.5 Å². The van der Waals surface area contributed by atoms with E-state index in [0.29, 0.717) is 41.2 Å². The monoisotopic (exact) mass is 447 g/mol. The van der Waals surface area contributed by atoms with Crippen LogP contribution in [0.5, 0.6) is 5.75 Å². The number of aliphatic hydroxyl groups is 1. The quantitative estimate of drug-likeness (QED) is 0.630. The van der Waals surface area contributed by atoms with Crippen molar-refractivity contribution in [3.8, 4) is 5.75 Å². The number of urea groups is 1. The van der Waals surface area contributed by atoms with Crippen molar-refractivity contribution >= 4 is 39.2 Å². The molecule has 8 heteroatoms. The van der Waals surface area contributed by atoms with Crippen LogP contribution < -0.4 is 20.3 Å². The number of amides is 3. The third kappa shape index (κ3) is 3.57. The Morgan fingerprint density at radius 1 is 1.25 bits per heavy atom. The molecule has 0 bridgehead atoms. The van der Waals surface area contributed by atoms with Crippen molar-refractivity contribution < 1.29 is 19.4 Å². The Hall–Kier alpha value is -2.58. The molecule has 3 N–H and O–H groups in total. The smallest absolute Gasteiger partial charge is 0.329 e. The number of hydrogen-bond donors (Lipinski definition) is 3. The summed E-state index contributed by atoms with van der Waals surface area (Å²) in [4.78, 5) is 27.0. The second kappa shape index (κ2) is 8.20. The van der Waals surface area contributed by atoms with Gasteiger partial charge in [0.25, 0.3) is 11.6 Å². The van der Waals surface area contributed by atoms with Crippen molar-refractivity contribution in [2.75, 3.05) is 23.4 Å². The number of carbonyl (C=O) groups is 2. The molecule has 0 saturated carbocycles. The largest absolute Gasteiger partial charge is 0.494 e. The van der Waals surface area contributed by atoms with E-state index in [0.717, 1.165) is 4.90 Å². The van der Waals surface area contributed by atoms with Crippen molar-refractivity contribution in [1.29, 1.82) is 0 Å². The summed E-state index contributed by atoms with van der Waals surface area (Å²) in [5.41, 5.74) is -1.18. The van der Waals surface area contributed by atoms with Gasteiger partial charge in [0.2, 0.25) is 0 Å². The zero-order valence-corrected chi connectivity index (χ0v) is 17.2. The second-order valence-corrected chi connectivity index (χ2v) is 7.23. The van der Waals surface area contributed by atoms with Gasteiger partial charge >= 0.3 is 6.03 Å². The summed E-state index contributed by atoms with van der Waals surface area (Å²) in [6.07, 6.45) is 0.697. The van der Waals surface area contributed by atoms with Crippen molar-refractivity contribution in [2.45, 2.75) is 26.0 Å². The van der Waals surface area contributed by atoms with E-state index < -0.39 is 17.7 Å². The highest BCUT2D eigenvalue weighted by atomic mass is 79.9. The lowest BCUT2D eigenvalue weighted by atomic mass is 9.94. The lowest BCUT2D eigenvalue weighted by Crippen LogP contribution is -2.62. The molecule has 1 heterocycles. The molecule has 2 aromatic carbocycles. The highest BCUT2D eigenvalue weighted by Gasteiger charge is 2.52. The lowest BCUT2D eigenvalue weighted by molar-refractivity contribution is -0.140. The summed E-state index contributed by atoms with van der Waals surface area (Å²) >= 11 is 3.37. The first-order chi connectivity index (χ1) is 13.4. The molecule has 0 radical (unpaired) electrons. The number of hydrogen-bond acceptors (Lipinski definition) is 4. The topological polar surface area (TPSA) is 90.9 Å². The number of nitrogens with zero attached hydrogens (tertiary/aromatic N) is 1. The van der Waals surface area contributed by atoms with Gasteiger partial charge in [0, 0.05) is 22.3 Å². The predicted molar refractivity (Wildman–Crippen MR) is 110 cm³/mol. The maximum Gasteiger partial charge on any atom is 0.329 e. The minimum atomic E-state index is -2.20. The first-order valence-corrected chi connectivity index (χ1v) is 9.85. The van der Waals surface area contributed by atoms with Crippen LogP contribution in [-0.4, -0.2) is 30.2 Å². The summed E-state index contributed by atoms with van der Waals surface area (Å²) in [6, 6.07) is 11.0. The van der Waals surface area contributed by atoms with E-state index in [9.17, 15) is 14.7 Å². The number of anilines is 2. The Morgan fingerprint density at radius 2 is 1.96 bits per heavy atom. The molecule has 1 atom stereocenters. The number of rotatable bonds is 6. The molecule has 3 rings (SSSR count). The van der Waals surface area contributed by atoms with Crippen LogP contribution in [0.3, 0.4) is 0 Å². The zero-order chi connectivity index (χ0) is 20.3. The molecule has 1 aliphatic rings. The van der Waals surface area contributed by atoms with Crippen molar-refractivity contribution in [3.05, 3.63) is 52.5 Å². The average molecular weight is 448 g/mol. The van der Waals surface area contributed by atoms with Crippen LogP contribution in [0.25, 0.3) is 0 Å². The van der Waals surface area contributed by atoms with E-state index in [-0.39, 0.29) is 5.56 Å². The van der Waals surface area contributed by atoms with Gasteiger partial charge < -0.3 is 20.5 Å². The number of fused-ring (bicyclic) bond motifs is 1. The summed E-state index contributed by atoms with van der Waals surface area (Å²) < 4.78 is 6.11. The molecular weight excluding hydrogens is 426 g/mol. The minimum absolute atomic E-state index is 0.281. The summed E-state index contributed by atoms with van der Waals surface area (Å²) in [6.45, 7) is 4.67. The van der Waals surface area contributed by atoms with Crippen LogP contribution in [0, 0.1) is 0 Å². The number of nitrogens with one attached hydrogen (secondary N) is 2. The van der Waals surface area contributed by atoms with Crippen molar-refractivity contribution in [2.24, 2.45) is 0 Å². The first-order valence-electron chi connectivity index (χ1n) is 9.06. The second-order valence-electron chi connectivity index (χ2n) is 6.31. The third-order valence-electron chi connectivity index (χ3n) is 4.38. The van der Waals surface area contributed by atoms with E-state index in [2.05, 4.69) is 26.6 Å². The lowest BCUT2D eigenvalue weighted by Gasteiger charge is -2.42. The minimum Gasteiger partial charge on any atom is -0.494 e. The number of ether oxygens (including phenoxy) is 1. The maximum absolute atomic E-state index is 13.0. The predicted octanol–water partition coefficient (Wildman–Crippen LogP) is 3.57. The van der Waals surface area contributed by atoms with Crippen molar-refractivity contribution in [1.82, 2.24) is 5.32 Å². The van der Waals surface area contributed by atoms with Crippen LogP contribution in [0.15, 0.2) is 46.9 Å². The van der Waals surface area contributed by atoms with E-state index in [1.165, 1.54) is 0 Å². The van der Waals surface area contributed by atoms with Gasteiger partial charge in [-0.15, -0.1) is 0 Å². The SMILES string of the molecule is CCCNC(=O)[C@@]1(O)c2cc(Br)ccc2NC(=O)N1c1ccc(OCC)cc1. The maximum atomic E-state index is 13.0. The highest BCUT2D eigenvalue weighted by molar-refractivity contribution is 9.10. The summed E-state index contributed by atoms with van der Waals surface area (Å²) in [5, 5.41) is 17.0. The van der Waals surface area contributed by atoms with Gasteiger partial charge in [-0.05, 0) is 55.8 Å². The average Bonchev–Trinajstić information content (AvgIpc) is 2.68. The Labute approximate surface area is 171 Å². The molecule has 0 fully saturated rings. The number of benzene rings is 2. The van der Waals surface area contributed by atoms with Gasteiger partial charge in [0.1, 0.15) is 5.75 Å². The fraction of sp³-hybridized carbons (Fsp3) is 0.300. The molecule has 3 amide bonds. The van der Waals surface area contributed by atoms with E-state index in [1.807, 2.05) is 13.8 Å². The number of carbonyl (C=O) groups excluding carboxylic acids is 2. The molecule has 0 aromatic heterocycles. The molecule has 7 nitrogen and oxygen atoms in total. The van der Waals surface area contributed by atoms with Gasteiger partial charge in [-0.2, -0.15) is 0 Å². The standard InChI is InChI=1S/C20H22BrN3O4/c1-3-11-22-18(25)20(27)16-12-13(21)5-10-17(16)23-19(26)24(20)14-6-8-15(9-7-14)28-4-2/h5-10,12,27H,3-4,11H2,1-2H3,(H,22,25)(H,23,26)/t20-/m0/s1. The van der Waals surface area contributed by atoms with E-state index >= 15 is 0 Å². The van der Waals surface area contributed by atoms with Gasteiger partial charge in [0.05, 0.1) is 12.3 Å². The number of halogens is 1. The van der Waals surface area contributed by atoms with Gasteiger partial charge in [-0.25, -0.2) is 4.79 Å². The van der Waals surface area contributed by atoms with Crippen LogP contribution in [0.4, 0.5) is 16.2 Å². The molecule has 1 aliphatic heterocycles. The van der Waals surface area contributed by atoms with Crippen LogP contribution in [-0.2, 0) is 10.5 Å². The first kappa shape index (κ1) is 20.2. The fourth-order valence-electron chi connectivity index (χ4n) is 3.10. The molecule has 148 valence electrons. The highest BCUT2D eigenvalue weighted by Crippen LogP contribution is 2.41. The molecule has 2 aromatic rings. The normalized spacial score (nSPS) is 18.3. The Balaban J connectivity index is 2.12. The fourth-order valence-corrected chi connectivity index (χ4v) is 3.46. The molecule has 0 saturated heterocycles. The third-order valence-corrected chi connectivity index (χ3v) is 4.88. The Bertz CT molecular complexity index is 888. The van der Waals surface area contributed by atoms with Crippen LogP contribution >= 0.6 is 15.9 Å². The van der Waals surface area contributed by atoms with Gasteiger partial charge in [-0.1, -0.05) is 22.9 Å². The summed E-state index contributed by atoms with van der Waals surface area (Å²) in [7, 11) is 0. The van der Waals surface area contributed by atoms with Gasteiger partial charge in [-0.3, -0.25) is 9.69 Å². The van der Waals surface area contributed by atoms with Crippen molar-refractivity contribution in [3.63, 3.8) is 0 Å². The Kier molecular flexibility index (Phi) is 5.90. The molecule has 28 heavy (non-hydrogen) atoms. The molecular formula is C20H22BrN3O4. The summed E-state index contributed by atoms with van der Waals surface area (Å²) in [5.74, 6) is -0.0387. The van der Waals surface area contributed by atoms with Crippen LogP contribution in [0.2, 0.25) is 0 Å². The molecule has 0 unspecified atom stereocenters. The molecule has 0 spiro atoms. The Morgan fingerprint density at radius 3 is 2.61 bits per heavy atom. The van der Waals surface area contributed by atoms with Gasteiger partial charge in [0.15, 0.2) is 0 Å². The van der Waals surface area contributed by atoms with E-state index in [4.69, 9.17) is 4.74 Å². The zero-order valence-electron chi connectivity index (χ0n) is 15.7. The molecule has 0 aliphatic carbocycles. The van der Waals surface area contributed by atoms with Crippen LogP contribution in [0.1, 0.15) is 25.8 Å².